The first kappa shape index (κ1) is 15.7. The van der Waals surface area contributed by atoms with E-state index in [1.807, 2.05) is 13.8 Å². The molecular formula is C12H24N2O3. The summed E-state index contributed by atoms with van der Waals surface area (Å²) in [7, 11) is 0. The highest BCUT2D eigenvalue weighted by Crippen LogP contribution is 2.00. The fourth-order valence-corrected chi connectivity index (χ4v) is 1.40. The molecule has 17 heavy (non-hydrogen) atoms. The van der Waals surface area contributed by atoms with Gasteiger partial charge in [-0.3, -0.25) is 4.79 Å². The molecule has 0 rings (SSSR count). The van der Waals surface area contributed by atoms with Crippen molar-refractivity contribution in [1.29, 1.82) is 0 Å². The number of carbonyl (C=O) groups excluding carboxylic acids is 2. The Kier molecular flexibility index (Phi) is 9.19. The minimum Gasteiger partial charge on any atom is -0.450 e. The van der Waals surface area contributed by atoms with Crippen LogP contribution in [0.25, 0.3) is 0 Å². The minimum absolute atomic E-state index is 0.0853. The number of hydrogen-bond donors (Lipinski definition) is 2. The van der Waals surface area contributed by atoms with Gasteiger partial charge < -0.3 is 15.4 Å². The van der Waals surface area contributed by atoms with Crippen LogP contribution in [0.2, 0.25) is 0 Å². The van der Waals surface area contributed by atoms with Crippen molar-refractivity contribution in [3.63, 3.8) is 0 Å². The lowest BCUT2D eigenvalue weighted by Gasteiger charge is -2.13. The van der Waals surface area contributed by atoms with Crippen molar-refractivity contribution >= 4 is 12.0 Å². The number of hydrogen-bond acceptors (Lipinski definition) is 3. The molecule has 0 bridgehead atoms. The van der Waals surface area contributed by atoms with E-state index in [9.17, 15) is 9.59 Å². The summed E-state index contributed by atoms with van der Waals surface area (Å²) < 4.78 is 4.73. The second kappa shape index (κ2) is 9.93. The molecule has 0 aromatic rings. The van der Waals surface area contributed by atoms with E-state index >= 15 is 0 Å². The SMILES string of the molecule is CCOC(=O)NCCCCC(C)NC(=O)CC. The van der Waals surface area contributed by atoms with Gasteiger partial charge in [0.15, 0.2) is 0 Å². The Morgan fingerprint density at radius 2 is 1.94 bits per heavy atom. The molecule has 1 atom stereocenters. The van der Waals surface area contributed by atoms with E-state index in [1.54, 1.807) is 6.92 Å². The molecule has 5 nitrogen and oxygen atoms in total. The fraction of sp³-hybridized carbons (Fsp3) is 0.833. The molecule has 0 fully saturated rings. The lowest BCUT2D eigenvalue weighted by molar-refractivity contribution is -0.121. The molecule has 5 heteroatoms. The van der Waals surface area contributed by atoms with Gasteiger partial charge in [0.2, 0.25) is 5.91 Å². The zero-order chi connectivity index (χ0) is 13.1. The maximum absolute atomic E-state index is 11.1. The lowest BCUT2D eigenvalue weighted by atomic mass is 10.1. The summed E-state index contributed by atoms with van der Waals surface area (Å²) in [5.41, 5.74) is 0. The number of ether oxygens (including phenoxy) is 1. The number of alkyl carbamates (subject to hydrolysis) is 1. The van der Waals surface area contributed by atoms with Crippen LogP contribution in [0.4, 0.5) is 4.79 Å². The molecule has 0 aromatic heterocycles. The van der Waals surface area contributed by atoms with Crippen LogP contribution in [0.5, 0.6) is 0 Å². The van der Waals surface area contributed by atoms with Gasteiger partial charge in [-0.2, -0.15) is 0 Å². The van der Waals surface area contributed by atoms with Crippen LogP contribution in [-0.2, 0) is 9.53 Å². The summed E-state index contributed by atoms with van der Waals surface area (Å²) >= 11 is 0. The summed E-state index contributed by atoms with van der Waals surface area (Å²) in [6.45, 7) is 6.62. The van der Waals surface area contributed by atoms with Gasteiger partial charge in [-0.25, -0.2) is 4.79 Å². The molecule has 0 spiro atoms. The molecule has 2 amide bonds. The van der Waals surface area contributed by atoms with Crippen LogP contribution in [0.1, 0.15) is 46.5 Å². The Labute approximate surface area is 103 Å². The van der Waals surface area contributed by atoms with Gasteiger partial charge in [-0.1, -0.05) is 6.92 Å². The summed E-state index contributed by atoms with van der Waals surface area (Å²) in [6.07, 6.45) is 2.95. The molecule has 0 aliphatic carbocycles. The quantitative estimate of drug-likeness (QED) is 0.640. The Morgan fingerprint density at radius 1 is 1.24 bits per heavy atom. The maximum atomic E-state index is 11.1. The van der Waals surface area contributed by atoms with Gasteiger partial charge >= 0.3 is 6.09 Å². The lowest BCUT2D eigenvalue weighted by Crippen LogP contribution is -2.32. The van der Waals surface area contributed by atoms with Gasteiger partial charge in [0.05, 0.1) is 6.61 Å². The van der Waals surface area contributed by atoms with Crippen molar-refractivity contribution in [1.82, 2.24) is 10.6 Å². The van der Waals surface area contributed by atoms with Crippen LogP contribution >= 0.6 is 0 Å². The topological polar surface area (TPSA) is 67.4 Å². The van der Waals surface area contributed by atoms with Crippen molar-refractivity contribution in [2.24, 2.45) is 0 Å². The number of nitrogens with one attached hydrogen (secondary N) is 2. The first-order chi connectivity index (χ1) is 8.10. The van der Waals surface area contributed by atoms with Crippen LogP contribution in [0, 0.1) is 0 Å². The maximum Gasteiger partial charge on any atom is 0.407 e. The van der Waals surface area contributed by atoms with Gasteiger partial charge in [-0.05, 0) is 33.1 Å². The Balaban J connectivity index is 3.39. The van der Waals surface area contributed by atoms with Crippen molar-refractivity contribution in [2.45, 2.75) is 52.5 Å². The van der Waals surface area contributed by atoms with E-state index in [4.69, 9.17) is 4.74 Å². The Hall–Kier alpha value is -1.26. The monoisotopic (exact) mass is 244 g/mol. The van der Waals surface area contributed by atoms with E-state index in [1.165, 1.54) is 0 Å². The highest BCUT2D eigenvalue weighted by molar-refractivity contribution is 5.75. The van der Waals surface area contributed by atoms with Crippen LogP contribution in [-0.4, -0.2) is 31.2 Å². The zero-order valence-electron chi connectivity index (χ0n) is 11.0. The minimum atomic E-state index is -0.361. The summed E-state index contributed by atoms with van der Waals surface area (Å²) in [5.74, 6) is 0.0853. The molecular weight excluding hydrogens is 220 g/mol. The summed E-state index contributed by atoms with van der Waals surface area (Å²) in [5, 5.41) is 5.56. The van der Waals surface area contributed by atoms with Crippen molar-refractivity contribution in [3.05, 3.63) is 0 Å². The van der Waals surface area contributed by atoms with Crippen molar-refractivity contribution in [2.75, 3.05) is 13.2 Å². The number of unbranched alkanes of at least 4 members (excludes halogenated alkanes) is 1. The van der Waals surface area contributed by atoms with Crippen molar-refractivity contribution in [3.8, 4) is 0 Å². The van der Waals surface area contributed by atoms with Gasteiger partial charge in [-0.15, -0.1) is 0 Å². The standard InChI is InChI=1S/C12H24N2O3/c1-4-11(15)14-10(3)8-6-7-9-13-12(16)17-5-2/h10H,4-9H2,1-3H3,(H,13,16)(H,14,15). The molecule has 0 heterocycles. The van der Waals surface area contributed by atoms with Gasteiger partial charge in [0, 0.05) is 19.0 Å². The molecule has 0 aliphatic heterocycles. The fourth-order valence-electron chi connectivity index (χ4n) is 1.40. The second-order valence-corrected chi connectivity index (χ2v) is 3.97. The predicted molar refractivity (Wildman–Crippen MR) is 66.8 cm³/mol. The molecule has 0 radical (unpaired) electrons. The smallest absolute Gasteiger partial charge is 0.407 e. The van der Waals surface area contributed by atoms with Gasteiger partial charge in [0.25, 0.3) is 0 Å². The molecule has 0 aliphatic rings. The number of rotatable bonds is 8. The molecule has 0 aromatic carbocycles. The van der Waals surface area contributed by atoms with Gasteiger partial charge in [0.1, 0.15) is 0 Å². The number of carbonyl (C=O) groups is 2. The van der Waals surface area contributed by atoms with E-state index in [-0.39, 0.29) is 18.0 Å². The van der Waals surface area contributed by atoms with Crippen LogP contribution in [0.3, 0.4) is 0 Å². The highest BCUT2D eigenvalue weighted by Gasteiger charge is 2.05. The molecule has 1 unspecified atom stereocenters. The Bertz CT molecular complexity index is 232. The molecule has 100 valence electrons. The third-order valence-corrected chi connectivity index (χ3v) is 2.34. The third-order valence-electron chi connectivity index (χ3n) is 2.34. The molecule has 0 saturated carbocycles. The predicted octanol–water partition coefficient (Wildman–Crippen LogP) is 1.82. The van der Waals surface area contributed by atoms with Crippen LogP contribution < -0.4 is 10.6 Å². The largest absolute Gasteiger partial charge is 0.450 e. The average Bonchev–Trinajstić information content (AvgIpc) is 2.28. The van der Waals surface area contributed by atoms with E-state index in [0.29, 0.717) is 19.6 Å². The highest BCUT2D eigenvalue weighted by atomic mass is 16.5. The van der Waals surface area contributed by atoms with Crippen LogP contribution in [0.15, 0.2) is 0 Å². The van der Waals surface area contributed by atoms with Crippen molar-refractivity contribution < 1.29 is 14.3 Å². The third kappa shape index (κ3) is 9.66. The van der Waals surface area contributed by atoms with E-state index < -0.39 is 0 Å². The first-order valence-electron chi connectivity index (χ1n) is 6.30. The first-order valence-corrected chi connectivity index (χ1v) is 6.30. The molecule has 2 N–H and O–H groups in total. The number of amides is 2. The van der Waals surface area contributed by atoms with E-state index in [2.05, 4.69) is 10.6 Å². The average molecular weight is 244 g/mol. The van der Waals surface area contributed by atoms with E-state index in [0.717, 1.165) is 19.3 Å². The second-order valence-electron chi connectivity index (χ2n) is 3.97. The normalized spacial score (nSPS) is 11.7. The summed E-state index contributed by atoms with van der Waals surface area (Å²) in [4.78, 5) is 22.0. The Morgan fingerprint density at radius 3 is 2.53 bits per heavy atom. The summed E-state index contributed by atoms with van der Waals surface area (Å²) in [6, 6.07) is 0.199. The zero-order valence-corrected chi connectivity index (χ0v) is 11.0. The molecule has 0 saturated heterocycles.